The van der Waals surface area contributed by atoms with E-state index in [4.69, 9.17) is 4.99 Å². The van der Waals surface area contributed by atoms with Gasteiger partial charge in [-0.15, -0.1) is 10.2 Å². The van der Waals surface area contributed by atoms with Gasteiger partial charge < -0.3 is 10.0 Å². The van der Waals surface area contributed by atoms with Crippen molar-refractivity contribution in [3.05, 3.63) is 69.7 Å². The van der Waals surface area contributed by atoms with E-state index in [1.807, 2.05) is 22.8 Å². The number of benzene rings is 2. The van der Waals surface area contributed by atoms with Gasteiger partial charge in [-0.2, -0.15) is 0 Å². The number of aliphatic imine (C=N–C) groups is 1. The Kier molecular flexibility index (Phi) is 8.35. The van der Waals surface area contributed by atoms with Gasteiger partial charge in [-0.25, -0.2) is 4.39 Å². The lowest BCUT2D eigenvalue weighted by Gasteiger charge is -2.18. The molecule has 0 saturated carbocycles. The number of fused-ring (bicyclic) bond motifs is 3. The van der Waals surface area contributed by atoms with Crippen LogP contribution in [0.25, 0.3) is 5.69 Å². The number of carboxylic acid groups (broad SMARTS) is 1. The number of aliphatic carboxylic acids is 1. The van der Waals surface area contributed by atoms with Crippen LogP contribution in [0.15, 0.2) is 57.1 Å². The van der Waals surface area contributed by atoms with Crippen LogP contribution in [0.5, 0.6) is 0 Å². The second-order valence-corrected chi connectivity index (χ2v) is 10.1. The number of hydrogen-bond donors (Lipinski definition) is 1. The van der Waals surface area contributed by atoms with Gasteiger partial charge in [-0.05, 0) is 49.8 Å². The average molecular weight is 560 g/mol. The molecule has 0 radical (unpaired) electrons. The summed E-state index contributed by atoms with van der Waals surface area (Å²) in [4.78, 5) is 18.7. The molecule has 2 aromatic carbocycles. The summed E-state index contributed by atoms with van der Waals surface area (Å²) in [5.41, 5.74) is 2.35. The molecule has 0 amide bonds. The molecule has 1 atom stereocenters. The van der Waals surface area contributed by atoms with E-state index in [-0.39, 0.29) is 18.7 Å². The third-order valence-electron chi connectivity index (χ3n) is 5.99. The van der Waals surface area contributed by atoms with E-state index < -0.39 is 12.0 Å². The zero-order chi connectivity index (χ0) is 24.9. The summed E-state index contributed by atoms with van der Waals surface area (Å²) in [7, 11) is 0. The summed E-state index contributed by atoms with van der Waals surface area (Å²) in [6.07, 6.45) is 0.140. The predicted octanol–water partition coefficient (Wildman–Crippen LogP) is 5.36. The van der Waals surface area contributed by atoms with Crippen molar-refractivity contribution >= 4 is 39.4 Å². The maximum Gasteiger partial charge on any atom is 0.303 e. The molecule has 10 heteroatoms. The van der Waals surface area contributed by atoms with Gasteiger partial charge in [0.15, 0.2) is 11.0 Å². The van der Waals surface area contributed by atoms with Gasteiger partial charge in [-0.3, -0.25) is 14.4 Å². The fourth-order valence-electron chi connectivity index (χ4n) is 4.12. The first-order valence-corrected chi connectivity index (χ1v) is 13.4. The molecule has 0 aliphatic carbocycles. The number of rotatable bonds is 10. The SMILES string of the molecule is CCN(CC)CCSc1nnc2n1-c1ccc(Br)cc1C(c1ccccc1F)=N[C@H]2CCC(=O)O. The highest BCUT2D eigenvalue weighted by Gasteiger charge is 2.30. The van der Waals surface area contributed by atoms with Crippen LogP contribution in [0.3, 0.4) is 0 Å². The van der Waals surface area contributed by atoms with E-state index in [2.05, 4.69) is 44.9 Å². The summed E-state index contributed by atoms with van der Waals surface area (Å²) in [6, 6.07) is 11.7. The first kappa shape index (κ1) is 25.5. The van der Waals surface area contributed by atoms with Crippen molar-refractivity contribution < 1.29 is 14.3 Å². The van der Waals surface area contributed by atoms with E-state index in [0.717, 1.165) is 41.1 Å². The van der Waals surface area contributed by atoms with E-state index in [1.54, 1.807) is 30.0 Å². The molecule has 0 unspecified atom stereocenters. The molecular formula is C25H27BrFN5O2S. The van der Waals surface area contributed by atoms with E-state index in [1.165, 1.54) is 6.07 Å². The monoisotopic (exact) mass is 559 g/mol. The molecule has 0 bridgehead atoms. The molecule has 0 spiro atoms. The minimum Gasteiger partial charge on any atom is -0.481 e. The minimum atomic E-state index is -0.919. The number of aromatic nitrogens is 3. The number of carbonyl (C=O) groups is 1. The van der Waals surface area contributed by atoms with Crippen LogP contribution < -0.4 is 0 Å². The molecule has 1 aromatic heterocycles. The molecule has 7 nitrogen and oxygen atoms in total. The van der Waals surface area contributed by atoms with Crippen molar-refractivity contribution in [2.45, 2.75) is 37.9 Å². The number of nitrogens with zero attached hydrogens (tertiary/aromatic N) is 5. The first-order chi connectivity index (χ1) is 16.9. The second-order valence-electron chi connectivity index (χ2n) is 8.12. The zero-order valence-corrected chi connectivity index (χ0v) is 22.0. The predicted molar refractivity (Wildman–Crippen MR) is 139 cm³/mol. The van der Waals surface area contributed by atoms with Crippen molar-refractivity contribution in [1.29, 1.82) is 0 Å². The Labute approximate surface area is 216 Å². The molecular weight excluding hydrogens is 533 g/mol. The van der Waals surface area contributed by atoms with Crippen LogP contribution in [0, 0.1) is 5.82 Å². The lowest BCUT2D eigenvalue weighted by Crippen LogP contribution is -2.25. The van der Waals surface area contributed by atoms with Crippen molar-refractivity contribution in [2.24, 2.45) is 4.99 Å². The Bertz CT molecular complexity index is 1240. The number of thioether (sulfide) groups is 1. The van der Waals surface area contributed by atoms with Gasteiger partial charge in [0.2, 0.25) is 0 Å². The van der Waals surface area contributed by atoms with E-state index >= 15 is 0 Å². The van der Waals surface area contributed by atoms with E-state index in [0.29, 0.717) is 22.3 Å². The topological polar surface area (TPSA) is 83.6 Å². The zero-order valence-electron chi connectivity index (χ0n) is 19.6. The van der Waals surface area contributed by atoms with Crippen molar-refractivity contribution in [3.63, 3.8) is 0 Å². The van der Waals surface area contributed by atoms with Crippen molar-refractivity contribution in [1.82, 2.24) is 19.7 Å². The normalized spacial score (nSPS) is 14.9. The summed E-state index contributed by atoms with van der Waals surface area (Å²) >= 11 is 5.14. The highest BCUT2D eigenvalue weighted by atomic mass is 79.9. The van der Waals surface area contributed by atoms with Gasteiger partial charge in [-0.1, -0.05) is 53.7 Å². The second kappa shape index (κ2) is 11.5. The Morgan fingerprint density at radius 3 is 2.66 bits per heavy atom. The largest absolute Gasteiger partial charge is 0.481 e. The van der Waals surface area contributed by atoms with Crippen LogP contribution in [0.1, 0.15) is 49.7 Å². The number of carboxylic acids is 1. The summed E-state index contributed by atoms with van der Waals surface area (Å²) in [6.45, 7) is 7.14. The maximum absolute atomic E-state index is 15.0. The Morgan fingerprint density at radius 1 is 1.17 bits per heavy atom. The molecule has 1 aliphatic rings. The first-order valence-electron chi connectivity index (χ1n) is 11.6. The van der Waals surface area contributed by atoms with Crippen LogP contribution >= 0.6 is 27.7 Å². The molecule has 184 valence electrons. The van der Waals surface area contributed by atoms with Gasteiger partial charge >= 0.3 is 5.97 Å². The molecule has 35 heavy (non-hydrogen) atoms. The number of halogens is 2. The molecule has 0 fully saturated rings. The fourth-order valence-corrected chi connectivity index (χ4v) is 5.43. The highest BCUT2D eigenvalue weighted by molar-refractivity contribution is 9.10. The van der Waals surface area contributed by atoms with Crippen molar-refractivity contribution in [3.8, 4) is 5.69 Å². The van der Waals surface area contributed by atoms with Crippen molar-refractivity contribution in [2.75, 3.05) is 25.4 Å². The standard InChI is InChI=1S/C25H27BrFN5O2S/c1-3-31(4-2)13-14-35-25-30-29-24-20(10-12-22(33)34)28-23(17-7-5-6-8-19(17)27)18-15-16(26)9-11-21(18)32(24)25/h5-9,11,15,20H,3-4,10,12-14H2,1-2H3,(H,33,34)/t20-/m0/s1. The molecule has 1 N–H and O–H groups in total. The molecule has 3 aromatic rings. The van der Waals surface area contributed by atoms with Gasteiger partial charge in [0.05, 0.1) is 11.4 Å². The summed E-state index contributed by atoms with van der Waals surface area (Å²) in [5, 5.41) is 19.0. The van der Waals surface area contributed by atoms with Crippen LogP contribution in [-0.4, -0.2) is 61.8 Å². The Hall–Kier alpha value is -2.56. The maximum atomic E-state index is 15.0. The smallest absolute Gasteiger partial charge is 0.303 e. The Balaban J connectivity index is 1.84. The van der Waals surface area contributed by atoms with Gasteiger partial charge in [0, 0.05) is 34.3 Å². The highest BCUT2D eigenvalue weighted by Crippen LogP contribution is 2.36. The third kappa shape index (κ3) is 5.65. The third-order valence-corrected chi connectivity index (χ3v) is 7.39. The van der Waals surface area contributed by atoms with Gasteiger partial charge in [0.1, 0.15) is 11.9 Å². The van der Waals surface area contributed by atoms with E-state index in [9.17, 15) is 14.3 Å². The average Bonchev–Trinajstić information content (AvgIpc) is 3.20. The van der Waals surface area contributed by atoms with Crippen LogP contribution in [0.4, 0.5) is 4.39 Å². The van der Waals surface area contributed by atoms with Crippen LogP contribution in [-0.2, 0) is 4.79 Å². The van der Waals surface area contributed by atoms with Gasteiger partial charge in [0.25, 0.3) is 0 Å². The lowest BCUT2D eigenvalue weighted by atomic mass is 10.00. The Morgan fingerprint density at radius 2 is 1.94 bits per heavy atom. The molecule has 1 aliphatic heterocycles. The summed E-state index contributed by atoms with van der Waals surface area (Å²) < 4.78 is 17.7. The minimum absolute atomic E-state index is 0.0872. The van der Waals surface area contributed by atoms with Crippen LogP contribution in [0.2, 0.25) is 0 Å². The summed E-state index contributed by atoms with van der Waals surface area (Å²) in [5.74, 6) is 0.0798. The molecule has 4 rings (SSSR count). The number of hydrogen-bond acceptors (Lipinski definition) is 6. The molecule has 0 saturated heterocycles. The molecule has 2 heterocycles. The fraction of sp³-hybridized carbons (Fsp3) is 0.360. The lowest BCUT2D eigenvalue weighted by molar-refractivity contribution is -0.137. The quantitative estimate of drug-likeness (QED) is 0.336.